The summed E-state index contributed by atoms with van der Waals surface area (Å²) in [5.74, 6) is 1.74. The Balaban J connectivity index is 2.15. The van der Waals surface area contributed by atoms with E-state index in [1.54, 1.807) is 22.1 Å². The fraction of sp³-hybridized carbons (Fsp3) is 0.571. The molecule has 0 radical (unpaired) electrons. The van der Waals surface area contributed by atoms with E-state index in [2.05, 4.69) is 28.2 Å². The van der Waals surface area contributed by atoms with Gasteiger partial charge in [-0.3, -0.25) is 0 Å². The topological polar surface area (TPSA) is 49.4 Å². The quantitative estimate of drug-likeness (QED) is 0.755. The van der Waals surface area contributed by atoms with Crippen LogP contribution in [0.15, 0.2) is 27.6 Å². The maximum atomic E-state index is 12.7. The fourth-order valence-corrected chi connectivity index (χ4v) is 5.86. The molecule has 0 spiro atoms. The van der Waals surface area contributed by atoms with E-state index in [0.29, 0.717) is 22.5 Å². The van der Waals surface area contributed by atoms with Crippen molar-refractivity contribution in [3.8, 4) is 0 Å². The Morgan fingerprint density at radius 2 is 2.05 bits per heavy atom. The first-order chi connectivity index (χ1) is 10.1. The van der Waals surface area contributed by atoms with Gasteiger partial charge in [0, 0.05) is 35.6 Å². The molecule has 0 aromatic heterocycles. The highest BCUT2D eigenvalue weighted by Crippen LogP contribution is 2.27. The zero-order valence-corrected chi connectivity index (χ0v) is 15.4. The zero-order valence-electron chi connectivity index (χ0n) is 12.1. The molecule has 0 saturated carbocycles. The molecule has 4 nitrogen and oxygen atoms in total. The van der Waals surface area contributed by atoms with Gasteiger partial charge in [-0.1, -0.05) is 13.0 Å². The Kier molecular flexibility index (Phi) is 6.55. The molecule has 0 amide bonds. The van der Waals surface area contributed by atoms with E-state index in [1.807, 2.05) is 12.1 Å². The molecule has 1 aliphatic rings. The average Bonchev–Trinajstić information content (AvgIpc) is 2.48. The number of halogens is 1. The molecule has 0 bridgehead atoms. The van der Waals surface area contributed by atoms with E-state index in [0.717, 1.165) is 36.6 Å². The highest BCUT2D eigenvalue weighted by atomic mass is 79.9. The summed E-state index contributed by atoms with van der Waals surface area (Å²) in [4.78, 5) is 0.369. The normalized spacial score (nSPS) is 17.0. The summed E-state index contributed by atoms with van der Waals surface area (Å²) in [6.07, 6.45) is 1.08. The number of nitrogens with one attached hydrogen (secondary N) is 1. The van der Waals surface area contributed by atoms with E-state index in [-0.39, 0.29) is 0 Å². The Hall–Kier alpha value is -0.0800. The van der Waals surface area contributed by atoms with Crippen LogP contribution >= 0.6 is 27.7 Å². The van der Waals surface area contributed by atoms with Crippen molar-refractivity contribution in [3.63, 3.8) is 0 Å². The van der Waals surface area contributed by atoms with Crippen LogP contribution in [0.1, 0.15) is 18.9 Å². The third kappa shape index (κ3) is 4.45. The van der Waals surface area contributed by atoms with Crippen molar-refractivity contribution in [3.05, 3.63) is 28.2 Å². The predicted molar refractivity (Wildman–Crippen MR) is 92.2 cm³/mol. The van der Waals surface area contributed by atoms with Gasteiger partial charge in [0.1, 0.15) is 0 Å². The third-order valence-electron chi connectivity index (χ3n) is 3.34. The molecule has 0 aliphatic carbocycles. The molecule has 1 aromatic carbocycles. The molecular formula is C14H21BrN2O2S2. The molecule has 21 heavy (non-hydrogen) atoms. The maximum absolute atomic E-state index is 12.7. The molecule has 0 unspecified atom stereocenters. The summed E-state index contributed by atoms with van der Waals surface area (Å²) < 4.78 is 27.5. The second kappa shape index (κ2) is 7.97. The molecule has 1 heterocycles. The molecule has 118 valence electrons. The van der Waals surface area contributed by atoms with Gasteiger partial charge in [0.2, 0.25) is 10.0 Å². The number of sulfonamides is 1. The van der Waals surface area contributed by atoms with Crippen molar-refractivity contribution in [1.29, 1.82) is 0 Å². The molecule has 1 aromatic rings. The van der Waals surface area contributed by atoms with Crippen LogP contribution in [-0.4, -0.2) is 43.9 Å². The fourth-order valence-electron chi connectivity index (χ4n) is 2.20. The van der Waals surface area contributed by atoms with Crippen LogP contribution in [0, 0.1) is 0 Å². The van der Waals surface area contributed by atoms with Crippen molar-refractivity contribution in [2.75, 3.05) is 31.1 Å². The van der Waals surface area contributed by atoms with Crippen LogP contribution in [0.2, 0.25) is 0 Å². The SMILES string of the molecule is CCCNCc1ccc(S(=O)(=O)N2CCSCC2)c(Br)c1. The number of rotatable bonds is 6. The number of hydrogen-bond acceptors (Lipinski definition) is 4. The van der Waals surface area contributed by atoms with Gasteiger partial charge < -0.3 is 5.32 Å². The molecule has 1 aliphatic heterocycles. The molecule has 0 atom stereocenters. The van der Waals surface area contributed by atoms with Gasteiger partial charge in [-0.25, -0.2) is 8.42 Å². The van der Waals surface area contributed by atoms with E-state index in [4.69, 9.17) is 0 Å². The van der Waals surface area contributed by atoms with Crippen LogP contribution in [0.3, 0.4) is 0 Å². The van der Waals surface area contributed by atoms with Gasteiger partial charge in [0.25, 0.3) is 0 Å². The van der Waals surface area contributed by atoms with Crippen molar-refractivity contribution in [2.45, 2.75) is 24.8 Å². The summed E-state index contributed by atoms with van der Waals surface area (Å²) in [5, 5.41) is 3.32. The largest absolute Gasteiger partial charge is 0.313 e. The standard InChI is InChI=1S/C14H21BrN2O2S2/c1-2-5-16-11-12-3-4-14(13(15)10-12)21(18,19)17-6-8-20-9-7-17/h3-4,10,16H,2,5-9,11H2,1H3. The number of nitrogens with zero attached hydrogens (tertiary/aromatic N) is 1. The number of hydrogen-bond donors (Lipinski definition) is 1. The zero-order chi connectivity index (χ0) is 15.3. The summed E-state index contributed by atoms with van der Waals surface area (Å²) >= 11 is 5.22. The summed E-state index contributed by atoms with van der Waals surface area (Å²) in [5.41, 5.74) is 1.09. The average molecular weight is 393 g/mol. The molecule has 2 rings (SSSR count). The molecule has 1 saturated heterocycles. The molecule has 1 N–H and O–H groups in total. The first-order valence-corrected chi connectivity index (χ1v) is 10.5. The highest BCUT2D eigenvalue weighted by molar-refractivity contribution is 9.10. The van der Waals surface area contributed by atoms with Gasteiger partial charge in [0.05, 0.1) is 4.90 Å². The van der Waals surface area contributed by atoms with Crippen molar-refractivity contribution in [2.24, 2.45) is 0 Å². The van der Waals surface area contributed by atoms with Gasteiger partial charge in [-0.2, -0.15) is 16.1 Å². The first-order valence-electron chi connectivity index (χ1n) is 7.12. The second-order valence-electron chi connectivity index (χ2n) is 4.96. The summed E-state index contributed by atoms with van der Waals surface area (Å²) in [6, 6.07) is 5.50. The van der Waals surface area contributed by atoms with Crippen molar-refractivity contribution < 1.29 is 8.42 Å². The van der Waals surface area contributed by atoms with Gasteiger partial charge in [0.15, 0.2) is 0 Å². The van der Waals surface area contributed by atoms with Gasteiger partial charge in [-0.05, 0) is 46.6 Å². The van der Waals surface area contributed by atoms with Gasteiger partial charge >= 0.3 is 0 Å². The smallest absolute Gasteiger partial charge is 0.244 e. The Bertz CT molecular complexity index is 572. The van der Waals surface area contributed by atoms with Crippen LogP contribution in [-0.2, 0) is 16.6 Å². The van der Waals surface area contributed by atoms with Crippen LogP contribution in [0.4, 0.5) is 0 Å². The highest BCUT2D eigenvalue weighted by Gasteiger charge is 2.27. The minimum absolute atomic E-state index is 0.369. The predicted octanol–water partition coefficient (Wildman–Crippen LogP) is 2.69. The number of thioether (sulfide) groups is 1. The minimum Gasteiger partial charge on any atom is -0.313 e. The van der Waals surface area contributed by atoms with Gasteiger partial charge in [-0.15, -0.1) is 0 Å². The lowest BCUT2D eigenvalue weighted by Gasteiger charge is -2.26. The summed E-state index contributed by atoms with van der Waals surface area (Å²) in [6.45, 7) is 5.03. The second-order valence-corrected chi connectivity index (χ2v) is 8.94. The van der Waals surface area contributed by atoms with Crippen molar-refractivity contribution >= 4 is 37.7 Å². The minimum atomic E-state index is -3.38. The van der Waals surface area contributed by atoms with E-state index >= 15 is 0 Å². The Morgan fingerprint density at radius 3 is 2.67 bits per heavy atom. The van der Waals surface area contributed by atoms with E-state index < -0.39 is 10.0 Å². The van der Waals surface area contributed by atoms with Crippen molar-refractivity contribution in [1.82, 2.24) is 9.62 Å². The van der Waals surface area contributed by atoms with Crippen LogP contribution < -0.4 is 5.32 Å². The monoisotopic (exact) mass is 392 g/mol. The number of benzene rings is 1. The lowest BCUT2D eigenvalue weighted by atomic mass is 10.2. The summed E-state index contributed by atoms with van der Waals surface area (Å²) in [7, 11) is -3.38. The van der Waals surface area contributed by atoms with Crippen LogP contribution in [0.25, 0.3) is 0 Å². The van der Waals surface area contributed by atoms with E-state index in [1.165, 1.54) is 0 Å². The lowest BCUT2D eigenvalue weighted by Crippen LogP contribution is -2.38. The lowest BCUT2D eigenvalue weighted by molar-refractivity contribution is 0.443. The molecular weight excluding hydrogens is 372 g/mol. The Labute approximate surface area is 139 Å². The maximum Gasteiger partial charge on any atom is 0.244 e. The molecule has 7 heteroatoms. The van der Waals surface area contributed by atoms with Crippen LogP contribution in [0.5, 0.6) is 0 Å². The first kappa shape index (κ1) is 17.3. The van der Waals surface area contributed by atoms with E-state index in [9.17, 15) is 8.42 Å². The third-order valence-corrected chi connectivity index (χ3v) is 7.16. The Morgan fingerprint density at radius 1 is 1.33 bits per heavy atom. The molecule has 1 fully saturated rings.